The van der Waals surface area contributed by atoms with Crippen molar-refractivity contribution in [1.82, 2.24) is 0 Å². The van der Waals surface area contributed by atoms with Gasteiger partial charge in [0.2, 0.25) is 5.90 Å². The van der Waals surface area contributed by atoms with E-state index >= 15 is 0 Å². The minimum absolute atomic E-state index is 0.00262. The molecule has 1 aliphatic heterocycles. The monoisotopic (exact) mass is 439 g/mol. The van der Waals surface area contributed by atoms with Crippen molar-refractivity contribution in [3.05, 3.63) is 105 Å². The molecule has 0 radical (unpaired) electrons. The number of halogens is 3. The molecule has 3 aromatic carbocycles. The third-order valence-corrected chi connectivity index (χ3v) is 4.88. The normalized spacial score (nSPS) is 14.5. The summed E-state index contributed by atoms with van der Waals surface area (Å²) in [4.78, 5) is 16.2. The van der Waals surface area contributed by atoms with Gasteiger partial charge in [-0.25, -0.2) is 18.6 Å². The van der Waals surface area contributed by atoms with Crippen LogP contribution in [-0.2, 0) is 16.1 Å². The maximum Gasteiger partial charge on any atom is 0.363 e. The summed E-state index contributed by atoms with van der Waals surface area (Å²) in [5.41, 5.74) is 2.95. The second-order valence-corrected chi connectivity index (χ2v) is 7.33. The van der Waals surface area contributed by atoms with Crippen molar-refractivity contribution in [3.8, 4) is 5.75 Å². The summed E-state index contributed by atoms with van der Waals surface area (Å²) in [6.07, 6.45) is 1.52. The van der Waals surface area contributed by atoms with Crippen LogP contribution >= 0.6 is 11.6 Å². The molecule has 3 aromatic rings. The van der Waals surface area contributed by atoms with Gasteiger partial charge in [0.25, 0.3) is 0 Å². The fourth-order valence-corrected chi connectivity index (χ4v) is 3.11. The summed E-state index contributed by atoms with van der Waals surface area (Å²) in [5.74, 6) is -2.43. The van der Waals surface area contributed by atoms with Crippen molar-refractivity contribution in [2.75, 3.05) is 0 Å². The zero-order valence-electron chi connectivity index (χ0n) is 16.4. The van der Waals surface area contributed by atoms with Gasteiger partial charge in [-0.3, -0.25) is 0 Å². The molecule has 4 rings (SSSR count). The minimum atomic E-state index is -1.11. The average molecular weight is 440 g/mol. The van der Waals surface area contributed by atoms with Crippen LogP contribution < -0.4 is 4.74 Å². The molecule has 156 valence electrons. The predicted molar refractivity (Wildman–Crippen MR) is 114 cm³/mol. The molecule has 0 unspecified atom stereocenters. The Morgan fingerprint density at radius 1 is 1.03 bits per heavy atom. The fourth-order valence-electron chi connectivity index (χ4n) is 2.88. The second-order valence-electron chi connectivity index (χ2n) is 6.93. The number of esters is 1. The van der Waals surface area contributed by atoms with Gasteiger partial charge < -0.3 is 9.47 Å². The number of benzene rings is 3. The molecule has 0 spiro atoms. The van der Waals surface area contributed by atoms with E-state index in [0.717, 1.165) is 17.7 Å². The highest BCUT2D eigenvalue weighted by Crippen LogP contribution is 2.26. The molecule has 1 aliphatic rings. The predicted octanol–water partition coefficient (Wildman–Crippen LogP) is 5.85. The SMILES string of the molecule is Cc1ccc(COc2ccc(C=C3N=C(c4cc(F)c(F)cc4Cl)OC3=O)cc2)cc1. The summed E-state index contributed by atoms with van der Waals surface area (Å²) < 4.78 is 37.6. The van der Waals surface area contributed by atoms with E-state index in [0.29, 0.717) is 17.9 Å². The largest absolute Gasteiger partial charge is 0.489 e. The number of carbonyl (C=O) groups excluding carboxylic acids is 1. The van der Waals surface area contributed by atoms with Crippen LogP contribution in [0.4, 0.5) is 8.78 Å². The topological polar surface area (TPSA) is 47.9 Å². The van der Waals surface area contributed by atoms with Crippen molar-refractivity contribution in [3.63, 3.8) is 0 Å². The highest BCUT2D eigenvalue weighted by atomic mass is 35.5. The van der Waals surface area contributed by atoms with Crippen LogP contribution in [0, 0.1) is 18.6 Å². The van der Waals surface area contributed by atoms with Crippen molar-refractivity contribution in [2.24, 2.45) is 4.99 Å². The molecular formula is C24H16ClF2NO3. The smallest absolute Gasteiger partial charge is 0.363 e. The molecule has 4 nitrogen and oxygen atoms in total. The molecule has 0 saturated carbocycles. The van der Waals surface area contributed by atoms with Gasteiger partial charge in [-0.2, -0.15) is 0 Å². The summed E-state index contributed by atoms with van der Waals surface area (Å²) in [5, 5.41) is -0.109. The lowest BCUT2D eigenvalue weighted by Gasteiger charge is -2.07. The molecule has 0 atom stereocenters. The van der Waals surface area contributed by atoms with Crippen molar-refractivity contribution in [2.45, 2.75) is 13.5 Å². The molecule has 0 bridgehead atoms. The first-order valence-corrected chi connectivity index (χ1v) is 9.73. The Hall–Kier alpha value is -3.51. The van der Waals surface area contributed by atoms with E-state index in [2.05, 4.69) is 4.99 Å². The fraction of sp³-hybridized carbons (Fsp3) is 0.0833. The van der Waals surface area contributed by atoms with Crippen LogP contribution in [-0.4, -0.2) is 11.9 Å². The number of cyclic esters (lactones) is 1. The minimum Gasteiger partial charge on any atom is -0.489 e. The molecule has 0 N–H and O–H groups in total. The molecule has 0 aliphatic carbocycles. The number of hydrogen-bond donors (Lipinski definition) is 0. The Labute approximate surface area is 182 Å². The highest BCUT2D eigenvalue weighted by molar-refractivity contribution is 6.34. The third kappa shape index (κ3) is 4.81. The zero-order valence-corrected chi connectivity index (χ0v) is 17.1. The maximum absolute atomic E-state index is 13.5. The van der Waals surface area contributed by atoms with Gasteiger partial charge in [0.15, 0.2) is 17.3 Å². The molecule has 7 heteroatoms. The Bertz CT molecular complexity index is 1200. The van der Waals surface area contributed by atoms with E-state index in [1.165, 1.54) is 11.6 Å². The van der Waals surface area contributed by atoms with Crippen LogP contribution in [0.15, 0.2) is 71.4 Å². The summed E-state index contributed by atoms with van der Waals surface area (Å²) in [7, 11) is 0. The van der Waals surface area contributed by atoms with Gasteiger partial charge in [-0.15, -0.1) is 0 Å². The lowest BCUT2D eigenvalue weighted by atomic mass is 10.1. The summed E-state index contributed by atoms with van der Waals surface area (Å²) >= 11 is 5.92. The molecule has 0 amide bonds. The molecule has 0 saturated heterocycles. The van der Waals surface area contributed by atoms with Gasteiger partial charge >= 0.3 is 5.97 Å². The molecule has 0 aromatic heterocycles. The van der Waals surface area contributed by atoms with Crippen LogP contribution in [0.2, 0.25) is 5.02 Å². The Morgan fingerprint density at radius 2 is 1.71 bits per heavy atom. The first kappa shape index (κ1) is 20.8. The highest BCUT2D eigenvalue weighted by Gasteiger charge is 2.26. The summed E-state index contributed by atoms with van der Waals surface area (Å²) in [6.45, 7) is 2.47. The third-order valence-electron chi connectivity index (χ3n) is 4.57. The van der Waals surface area contributed by atoms with Crippen LogP contribution in [0.1, 0.15) is 22.3 Å². The molecule has 0 fully saturated rings. The van der Waals surface area contributed by atoms with Crippen LogP contribution in [0.5, 0.6) is 5.75 Å². The molecule has 1 heterocycles. The standard InChI is InChI=1S/C24H16ClF2NO3/c1-14-2-4-16(5-3-14)13-30-17-8-6-15(7-9-17)10-22-24(29)31-23(28-22)18-11-20(26)21(27)12-19(18)25/h2-12H,13H2,1H3. The number of carbonyl (C=O) groups is 1. The van der Waals surface area contributed by atoms with Gasteiger partial charge in [0.05, 0.1) is 10.6 Å². The number of nitrogens with zero attached hydrogens (tertiary/aromatic N) is 1. The Morgan fingerprint density at radius 3 is 2.42 bits per heavy atom. The summed E-state index contributed by atoms with van der Waals surface area (Å²) in [6, 6.07) is 16.8. The maximum atomic E-state index is 13.5. The molecular weight excluding hydrogens is 424 g/mol. The number of aliphatic imine (C=N–C) groups is 1. The number of aryl methyl sites for hydroxylation is 1. The van der Waals surface area contributed by atoms with E-state index in [4.69, 9.17) is 21.1 Å². The zero-order chi connectivity index (χ0) is 22.0. The number of ether oxygens (including phenoxy) is 2. The van der Waals surface area contributed by atoms with E-state index in [-0.39, 0.29) is 22.2 Å². The van der Waals surface area contributed by atoms with Crippen molar-refractivity contribution < 1.29 is 23.0 Å². The van der Waals surface area contributed by atoms with Crippen molar-refractivity contribution >= 4 is 29.5 Å². The van der Waals surface area contributed by atoms with Gasteiger partial charge in [-0.1, -0.05) is 53.6 Å². The van der Waals surface area contributed by atoms with Gasteiger partial charge in [0.1, 0.15) is 12.4 Å². The van der Waals surface area contributed by atoms with Crippen LogP contribution in [0.25, 0.3) is 6.08 Å². The van der Waals surface area contributed by atoms with Gasteiger partial charge in [-0.05, 0) is 48.4 Å². The first-order chi connectivity index (χ1) is 14.9. The number of hydrogen-bond acceptors (Lipinski definition) is 4. The first-order valence-electron chi connectivity index (χ1n) is 9.35. The van der Waals surface area contributed by atoms with E-state index in [9.17, 15) is 13.6 Å². The number of rotatable bonds is 5. The average Bonchev–Trinajstić information content (AvgIpc) is 3.11. The van der Waals surface area contributed by atoms with E-state index < -0.39 is 17.6 Å². The Balaban J connectivity index is 1.48. The van der Waals surface area contributed by atoms with Gasteiger partial charge in [0, 0.05) is 0 Å². The van der Waals surface area contributed by atoms with E-state index in [1.807, 2.05) is 31.2 Å². The second kappa shape index (κ2) is 8.70. The van der Waals surface area contributed by atoms with Crippen molar-refractivity contribution in [1.29, 1.82) is 0 Å². The molecule has 31 heavy (non-hydrogen) atoms. The lowest BCUT2D eigenvalue weighted by molar-refractivity contribution is -0.129. The quantitative estimate of drug-likeness (QED) is 0.284. The Kier molecular flexibility index (Phi) is 5.82. The van der Waals surface area contributed by atoms with E-state index in [1.54, 1.807) is 24.3 Å². The van der Waals surface area contributed by atoms with Crippen LogP contribution in [0.3, 0.4) is 0 Å². The lowest BCUT2D eigenvalue weighted by Crippen LogP contribution is -2.07.